The normalized spacial score (nSPS) is 11.5. The van der Waals surface area contributed by atoms with Crippen LogP contribution in [0.2, 0.25) is 0 Å². The van der Waals surface area contributed by atoms with E-state index in [2.05, 4.69) is 24.5 Å². The number of hydrogen-bond donors (Lipinski definition) is 4. The molecule has 0 heterocycles. The summed E-state index contributed by atoms with van der Waals surface area (Å²) in [5.74, 6) is -5.26. The van der Waals surface area contributed by atoms with Gasteiger partial charge in [-0.1, -0.05) is 181 Å². The molecule has 0 radical (unpaired) electrons. The predicted molar refractivity (Wildman–Crippen MR) is 211 cm³/mol. The van der Waals surface area contributed by atoms with Gasteiger partial charge in [-0.2, -0.15) is 0 Å². The number of hydrogen-bond acceptors (Lipinski definition) is 8. The molecular weight excluding hydrogens is 734 g/mol. The van der Waals surface area contributed by atoms with Crippen molar-refractivity contribution in [3.63, 3.8) is 0 Å². The molecule has 0 spiro atoms. The Labute approximate surface area is 384 Å². The van der Waals surface area contributed by atoms with Crippen molar-refractivity contribution in [2.45, 2.75) is 231 Å². The summed E-state index contributed by atoms with van der Waals surface area (Å²) < 4.78 is 0. The Bertz CT molecular complexity index is 914. The van der Waals surface area contributed by atoms with Crippen molar-refractivity contribution in [3.8, 4) is 0 Å². The van der Waals surface area contributed by atoms with Crippen LogP contribution in [0.25, 0.3) is 0 Å². The Kier molecular flexibility index (Phi) is 51.1. The molecule has 2 atom stereocenters. The van der Waals surface area contributed by atoms with Crippen LogP contribution in [0, 0.1) is 0 Å². The first kappa shape index (κ1) is 61.5. The molecule has 0 saturated carbocycles. The molecular formula is C42H78N4Na2O8. The maximum Gasteiger partial charge on any atom is 1.00 e. The summed E-state index contributed by atoms with van der Waals surface area (Å²) in [7, 11) is 0. The number of primary amides is 2. The molecule has 14 heteroatoms. The molecule has 0 aromatic heterocycles. The van der Waals surface area contributed by atoms with Crippen molar-refractivity contribution in [2.75, 3.05) is 0 Å². The Morgan fingerprint density at radius 2 is 0.589 bits per heavy atom. The van der Waals surface area contributed by atoms with Gasteiger partial charge in [-0.05, 0) is 12.8 Å². The molecule has 0 saturated heterocycles. The number of carboxylic acid groups (broad SMARTS) is 2. The van der Waals surface area contributed by atoms with E-state index in [1.54, 1.807) is 0 Å². The Balaban J connectivity index is -0.000000466. The minimum Gasteiger partial charge on any atom is -0.548 e. The molecule has 4 amide bonds. The Hall–Kier alpha value is -1.18. The van der Waals surface area contributed by atoms with Gasteiger partial charge in [0.25, 0.3) is 0 Å². The summed E-state index contributed by atoms with van der Waals surface area (Å²) in [6.45, 7) is 4.49. The fourth-order valence-electron chi connectivity index (χ4n) is 6.28. The van der Waals surface area contributed by atoms with Crippen molar-refractivity contribution < 1.29 is 98.1 Å². The van der Waals surface area contributed by atoms with Crippen LogP contribution in [-0.4, -0.2) is 47.7 Å². The molecule has 6 N–H and O–H groups in total. The largest absolute Gasteiger partial charge is 1.00 e. The van der Waals surface area contributed by atoms with Crippen molar-refractivity contribution in [3.05, 3.63) is 0 Å². The van der Waals surface area contributed by atoms with Gasteiger partial charge in [0.2, 0.25) is 23.6 Å². The zero-order valence-electron chi connectivity index (χ0n) is 36.2. The second-order valence-electron chi connectivity index (χ2n) is 14.9. The van der Waals surface area contributed by atoms with E-state index < -0.39 is 48.7 Å². The summed E-state index contributed by atoms with van der Waals surface area (Å²) >= 11 is 0. The number of rotatable bonds is 38. The first-order chi connectivity index (χ1) is 25.9. The summed E-state index contributed by atoms with van der Waals surface area (Å²) in [5.41, 5.74) is 9.91. The van der Waals surface area contributed by atoms with Gasteiger partial charge in [0.1, 0.15) is 0 Å². The quantitative estimate of drug-likeness (QED) is 0.0487. The average molecular weight is 813 g/mol. The van der Waals surface area contributed by atoms with Crippen LogP contribution in [0.15, 0.2) is 0 Å². The summed E-state index contributed by atoms with van der Waals surface area (Å²) in [4.78, 5) is 66.6. The van der Waals surface area contributed by atoms with Crippen LogP contribution in [0.3, 0.4) is 0 Å². The van der Waals surface area contributed by atoms with Crippen molar-refractivity contribution in [1.82, 2.24) is 10.6 Å². The van der Waals surface area contributed by atoms with E-state index in [-0.39, 0.29) is 83.8 Å². The fraction of sp³-hybridized carbons (Fsp3) is 0.857. The van der Waals surface area contributed by atoms with Gasteiger partial charge in [-0.25, -0.2) is 0 Å². The first-order valence-electron chi connectivity index (χ1n) is 21.5. The molecule has 0 aromatic rings. The number of nitrogens with two attached hydrogens (primary N) is 2. The van der Waals surface area contributed by atoms with E-state index >= 15 is 0 Å². The third kappa shape index (κ3) is 47.2. The molecule has 0 aliphatic heterocycles. The van der Waals surface area contributed by atoms with Gasteiger partial charge in [0.15, 0.2) is 0 Å². The number of carbonyl (C=O) groups is 6. The van der Waals surface area contributed by atoms with Crippen molar-refractivity contribution in [1.29, 1.82) is 0 Å². The average Bonchev–Trinajstić information content (AvgIpc) is 3.11. The summed E-state index contributed by atoms with van der Waals surface area (Å²) in [6.07, 6.45) is 34.3. The standard InChI is InChI=1S/2C21H40N2O4.2Na/c2*1-2-3-4-5-6-7-8-9-10-11-12-13-14-15-16-20(25)23-18(21(26)27)17-19(22)24;;/h2*18H,2-17H2,1H3,(H2,22,24)(H,23,25)(H,26,27);;/q;;2*+1/p-2/t2*18-;;/m00../s1. The third-order valence-electron chi connectivity index (χ3n) is 9.56. The van der Waals surface area contributed by atoms with E-state index in [9.17, 15) is 39.0 Å². The zero-order chi connectivity index (χ0) is 40.7. The number of amides is 4. The Morgan fingerprint density at radius 3 is 0.768 bits per heavy atom. The maximum atomic E-state index is 11.7. The van der Waals surface area contributed by atoms with Gasteiger partial charge >= 0.3 is 59.1 Å². The molecule has 0 aliphatic rings. The summed E-state index contributed by atoms with van der Waals surface area (Å²) in [5, 5.41) is 26.3. The second-order valence-corrected chi connectivity index (χ2v) is 14.9. The van der Waals surface area contributed by atoms with E-state index in [0.717, 1.165) is 38.5 Å². The molecule has 316 valence electrons. The molecule has 12 nitrogen and oxygen atoms in total. The van der Waals surface area contributed by atoms with E-state index in [4.69, 9.17) is 11.5 Å². The molecule has 0 unspecified atom stereocenters. The summed E-state index contributed by atoms with van der Waals surface area (Å²) in [6, 6.07) is -2.66. The molecule has 0 bridgehead atoms. The molecule has 0 aromatic carbocycles. The van der Waals surface area contributed by atoms with Crippen molar-refractivity contribution in [2.24, 2.45) is 11.5 Å². The molecule has 56 heavy (non-hydrogen) atoms. The zero-order valence-corrected chi connectivity index (χ0v) is 40.2. The topological polar surface area (TPSA) is 225 Å². The third-order valence-corrected chi connectivity index (χ3v) is 9.56. The van der Waals surface area contributed by atoms with Gasteiger partial charge in [0, 0.05) is 12.8 Å². The van der Waals surface area contributed by atoms with E-state index in [1.807, 2.05) is 0 Å². The van der Waals surface area contributed by atoms with E-state index in [1.165, 1.54) is 141 Å². The van der Waals surface area contributed by atoms with Gasteiger partial charge in [-0.15, -0.1) is 0 Å². The molecule has 0 aliphatic carbocycles. The van der Waals surface area contributed by atoms with Gasteiger partial charge < -0.3 is 41.9 Å². The SMILES string of the molecule is CCCCCCCCCCCCCCCCC(=O)N[C@@H](CC(N)=O)C(=O)[O-].CCCCCCCCCCCCCCCCC(=O)N[C@@H](CC(N)=O)C(=O)[O-].[Na+].[Na+]. The van der Waals surface area contributed by atoms with Gasteiger partial charge in [0.05, 0.1) is 36.9 Å². The van der Waals surface area contributed by atoms with Crippen LogP contribution in [0.5, 0.6) is 0 Å². The number of nitrogens with one attached hydrogen (secondary N) is 2. The number of carboxylic acids is 2. The predicted octanol–water partition coefficient (Wildman–Crippen LogP) is -0.0562. The number of unbranched alkanes of at least 4 members (excludes halogenated alkanes) is 26. The van der Waals surface area contributed by atoms with E-state index in [0.29, 0.717) is 0 Å². The van der Waals surface area contributed by atoms with Crippen LogP contribution < -0.4 is 91.4 Å². The van der Waals surface area contributed by atoms with Crippen molar-refractivity contribution >= 4 is 35.6 Å². The minimum atomic E-state index is -1.48. The van der Waals surface area contributed by atoms with Gasteiger partial charge in [-0.3, -0.25) is 19.2 Å². The van der Waals surface area contributed by atoms with Crippen LogP contribution in [-0.2, 0) is 28.8 Å². The van der Waals surface area contributed by atoms with Crippen LogP contribution >= 0.6 is 0 Å². The monoisotopic (exact) mass is 813 g/mol. The Morgan fingerprint density at radius 1 is 0.393 bits per heavy atom. The maximum absolute atomic E-state index is 11.7. The molecule has 0 fully saturated rings. The first-order valence-corrected chi connectivity index (χ1v) is 21.5. The van der Waals surface area contributed by atoms with Crippen LogP contribution in [0.4, 0.5) is 0 Å². The second kappa shape index (κ2) is 46.5. The number of carbonyl (C=O) groups excluding carboxylic acids is 6. The molecule has 0 rings (SSSR count). The number of aliphatic carboxylic acids is 2. The minimum absolute atomic E-state index is 0. The van der Waals surface area contributed by atoms with Crippen LogP contribution in [0.1, 0.15) is 219 Å². The fourth-order valence-corrected chi connectivity index (χ4v) is 6.28. The smallest absolute Gasteiger partial charge is 0.548 e.